The smallest absolute Gasteiger partial charge is 0.217 e. The summed E-state index contributed by atoms with van der Waals surface area (Å²) in [5, 5.41) is 8.11. The molecule has 0 aliphatic rings. The Morgan fingerprint density at radius 2 is 2.00 bits per heavy atom. The number of guanidine groups is 1. The molecule has 1 aromatic carbocycles. The summed E-state index contributed by atoms with van der Waals surface area (Å²) in [5.74, 6) is 2.24. The van der Waals surface area contributed by atoms with Crippen molar-refractivity contribution in [2.24, 2.45) is 10.7 Å². The van der Waals surface area contributed by atoms with E-state index in [0.717, 1.165) is 11.3 Å². The van der Waals surface area contributed by atoms with Gasteiger partial charge in [-0.15, -0.1) is 11.3 Å². The van der Waals surface area contributed by atoms with Crippen LogP contribution < -0.4 is 21.1 Å². The van der Waals surface area contributed by atoms with Crippen LogP contribution in [0, 0.1) is 0 Å². The Bertz CT molecular complexity index is 962. The number of carbonyl (C=O) groups is 1. The largest absolute Gasteiger partial charge is 0.497 e. The van der Waals surface area contributed by atoms with Gasteiger partial charge >= 0.3 is 0 Å². The zero-order chi connectivity index (χ0) is 19.9. The molecule has 9 heteroatoms. The third-order valence-corrected chi connectivity index (χ3v) is 4.50. The molecule has 2 heterocycles. The fraction of sp³-hybridized carbons (Fsp3) is 0.211. The second kappa shape index (κ2) is 9.05. The predicted octanol–water partition coefficient (Wildman–Crippen LogP) is 2.78. The summed E-state index contributed by atoms with van der Waals surface area (Å²) < 4.78 is 10.8. The van der Waals surface area contributed by atoms with E-state index < -0.39 is 0 Å². The Labute approximate surface area is 166 Å². The van der Waals surface area contributed by atoms with E-state index in [9.17, 15) is 4.79 Å². The Kier molecular flexibility index (Phi) is 6.28. The molecule has 0 aliphatic carbocycles. The highest BCUT2D eigenvalue weighted by atomic mass is 32.1. The van der Waals surface area contributed by atoms with Crippen molar-refractivity contribution >= 4 is 28.3 Å². The third-order valence-electron chi connectivity index (χ3n) is 3.77. The van der Waals surface area contributed by atoms with Crippen LogP contribution in [-0.4, -0.2) is 24.0 Å². The summed E-state index contributed by atoms with van der Waals surface area (Å²) in [6.45, 7) is 2.34. The van der Waals surface area contributed by atoms with Gasteiger partial charge in [-0.2, -0.15) is 4.99 Å². The number of rotatable bonds is 7. The van der Waals surface area contributed by atoms with Crippen LogP contribution in [0.4, 0.5) is 5.13 Å². The van der Waals surface area contributed by atoms with Gasteiger partial charge < -0.3 is 25.5 Å². The van der Waals surface area contributed by atoms with E-state index in [2.05, 4.69) is 20.6 Å². The molecule has 28 heavy (non-hydrogen) atoms. The summed E-state index contributed by atoms with van der Waals surface area (Å²) in [7, 11) is 1.63. The fourth-order valence-electron chi connectivity index (χ4n) is 2.33. The van der Waals surface area contributed by atoms with Gasteiger partial charge in [-0.25, -0.2) is 4.98 Å². The number of aliphatic imine (C=N–C) groups is 1. The minimum absolute atomic E-state index is 0.110. The molecular formula is C19H21N5O3S. The predicted molar refractivity (Wildman–Crippen MR) is 108 cm³/mol. The van der Waals surface area contributed by atoms with Crippen molar-refractivity contribution in [2.75, 3.05) is 7.11 Å². The first kappa shape index (κ1) is 19.4. The number of furan rings is 1. The minimum Gasteiger partial charge on any atom is -0.497 e. The minimum atomic E-state index is -0.110. The number of nitrogens with one attached hydrogen (secondary N) is 2. The number of thiazole rings is 1. The van der Waals surface area contributed by atoms with Crippen LogP contribution in [-0.2, 0) is 17.9 Å². The van der Waals surface area contributed by atoms with Gasteiger partial charge in [0.2, 0.25) is 11.0 Å². The summed E-state index contributed by atoms with van der Waals surface area (Å²) >= 11 is 1.36. The van der Waals surface area contributed by atoms with E-state index in [1.54, 1.807) is 13.2 Å². The highest BCUT2D eigenvalue weighted by Gasteiger charge is 2.10. The van der Waals surface area contributed by atoms with Crippen LogP contribution >= 0.6 is 11.3 Å². The number of hydrogen-bond donors (Lipinski definition) is 3. The maximum absolute atomic E-state index is 11.0. The van der Waals surface area contributed by atoms with Gasteiger partial charge in [-0.3, -0.25) is 4.79 Å². The second-order valence-corrected chi connectivity index (χ2v) is 6.73. The molecule has 0 spiro atoms. The van der Waals surface area contributed by atoms with Crippen LogP contribution in [0.15, 0.2) is 51.2 Å². The van der Waals surface area contributed by atoms with Crippen molar-refractivity contribution in [3.63, 3.8) is 0 Å². The molecule has 0 atom stereocenters. The number of hydrogen-bond acceptors (Lipinski definition) is 6. The highest BCUT2D eigenvalue weighted by Crippen LogP contribution is 2.28. The molecule has 3 aromatic rings. The molecule has 3 rings (SSSR count). The number of amides is 1. The lowest BCUT2D eigenvalue weighted by Crippen LogP contribution is -2.30. The second-order valence-electron chi connectivity index (χ2n) is 5.89. The Morgan fingerprint density at radius 3 is 2.71 bits per heavy atom. The van der Waals surface area contributed by atoms with E-state index in [0.29, 0.717) is 35.4 Å². The molecule has 0 radical (unpaired) electrons. The van der Waals surface area contributed by atoms with Crippen molar-refractivity contribution in [1.29, 1.82) is 0 Å². The summed E-state index contributed by atoms with van der Waals surface area (Å²) in [5.41, 5.74) is 7.67. The van der Waals surface area contributed by atoms with E-state index in [1.807, 2.05) is 35.7 Å². The zero-order valence-electron chi connectivity index (χ0n) is 15.6. The molecular weight excluding hydrogens is 378 g/mol. The number of methoxy groups -OCH3 is 1. The van der Waals surface area contributed by atoms with Crippen LogP contribution in [0.1, 0.15) is 18.2 Å². The summed E-state index contributed by atoms with van der Waals surface area (Å²) in [6.07, 6.45) is 0. The normalized spacial score (nSPS) is 11.3. The van der Waals surface area contributed by atoms with Gasteiger partial charge in [0.15, 0.2) is 11.7 Å². The van der Waals surface area contributed by atoms with Crippen LogP contribution in [0.2, 0.25) is 0 Å². The average molecular weight is 399 g/mol. The lowest BCUT2D eigenvalue weighted by Gasteiger charge is -2.06. The SMILES string of the molecule is COc1ccc(CN/C(N)=N/c2nc(-c3ccc(CNC(C)=O)o3)cs2)cc1. The Balaban J connectivity index is 1.58. The average Bonchev–Trinajstić information content (AvgIpc) is 3.34. The number of aromatic nitrogens is 1. The Hall–Kier alpha value is -3.33. The number of nitrogens with two attached hydrogens (primary N) is 1. The molecule has 0 saturated heterocycles. The van der Waals surface area contributed by atoms with Gasteiger partial charge in [-0.05, 0) is 29.8 Å². The molecule has 4 N–H and O–H groups in total. The molecule has 1 amide bonds. The first-order chi connectivity index (χ1) is 13.5. The van der Waals surface area contributed by atoms with Gasteiger partial charge in [0.05, 0.1) is 13.7 Å². The first-order valence-corrected chi connectivity index (χ1v) is 9.41. The van der Waals surface area contributed by atoms with Crippen molar-refractivity contribution in [3.8, 4) is 17.2 Å². The fourth-order valence-corrected chi connectivity index (χ4v) is 3.02. The maximum atomic E-state index is 11.0. The monoisotopic (exact) mass is 399 g/mol. The highest BCUT2D eigenvalue weighted by molar-refractivity contribution is 7.13. The lowest BCUT2D eigenvalue weighted by molar-refractivity contribution is -0.119. The van der Waals surface area contributed by atoms with E-state index in [-0.39, 0.29) is 11.9 Å². The van der Waals surface area contributed by atoms with Crippen molar-refractivity contribution in [2.45, 2.75) is 20.0 Å². The molecule has 0 aliphatic heterocycles. The summed E-state index contributed by atoms with van der Waals surface area (Å²) in [6, 6.07) is 11.3. The topological polar surface area (TPSA) is 115 Å². The van der Waals surface area contributed by atoms with Crippen molar-refractivity contribution < 1.29 is 13.9 Å². The standard InChI is InChI=1S/C19H21N5O3S/c1-12(25)21-10-15-7-8-17(27-15)16-11-28-19(23-16)24-18(20)22-9-13-3-5-14(26-2)6-4-13/h3-8,11H,9-10H2,1-2H3,(H,21,25)(H3,20,22,23,24). The molecule has 0 bridgehead atoms. The maximum Gasteiger partial charge on any atom is 0.217 e. The molecule has 2 aromatic heterocycles. The van der Waals surface area contributed by atoms with Gasteiger partial charge in [0, 0.05) is 18.8 Å². The van der Waals surface area contributed by atoms with Crippen molar-refractivity contribution in [1.82, 2.24) is 15.6 Å². The number of ether oxygens (including phenoxy) is 1. The summed E-state index contributed by atoms with van der Waals surface area (Å²) in [4.78, 5) is 19.7. The molecule has 0 saturated carbocycles. The molecule has 146 valence electrons. The third kappa shape index (κ3) is 5.34. The molecule has 0 fully saturated rings. The number of benzene rings is 1. The first-order valence-electron chi connectivity index (χ1n) is 8.53. The van der Waals surface area contributed by atoms with Crippen LogP contribution in [0.3, 0.4) is 0 Å². The van der Waals surface area contributed by atoms with Gasteiger partial charge in [0.1, 0.15) is 17.2 Å². The quantitative estimate of drug-likeness (QED) is 0.416. The lowest BCUT2D eigenvalue weighted by atomic mass is 10.2. The number of nitrogens with zero attached hydrogens (tertiary/aromatic N) is 2. The van der Waals surface area contributed by atoms with Crippen LogP contribution in [0.5, 0.6) is 5.75 Å². The van der Waals surface area contributed by atoms with Gasteiger partial charge in [0.25, 0.3) is 0 Å². The van der Waals surface area contributed by atoms with Crippen molar-refractivity contribution in [3.05, 3.63) is 53.1 Å². The Morgan fingerprint density at radius 1 is 1.21 bits per heavy atom. The number of carbonyl (C=O) groups excluding carboxylic acids is 1. The zero-order valence-corrected chi connectivity index (χ0v) is 16.4. The van der Waals surface area contributed by atoms with E-state index in [4.69, 9.17) is 14.9 Å². The molecule has 0 unspecified atom stereocenters. The van der Waals surface area contributed by atoms with E-state index in [1.165, 1.54) is 18.3 Å². The van der Waals surface area contributed by atoms with Crippen LogP contribution in [0.25, 0.3) is 11.5 Å². The molecule has 8 nitrogen and oxygen atoms in total. The van der Waals surface area contributed by atoms with E-state index >= 15 is 0 Å². The van der Waals surface area contributed by atoms with Gasteiger partial charge in [-0.1, -0.05) is 12.1 Å².